The second-order valence-electron chi connectivity index (χ2n) is 13.0. The summed E-state index contributed by atoms with van der Waals surface area (Å²) < 4.78 is 18.3. The summed E-state index contributed by atoms with van der Waals surface area (Å²) in [6.07, 6.45) is 5.02. The second kappa shape index (κ2) is 14.0. The van der Waals surface area contributed by atoms with E-state index in [9.17, 15) is 14.5 Å². The number of ether oxygens (including phenoxy) is 1. The van der Waals surface area contributed by atoms with Crippen LogP contribution >= 0.6 is 0 Å². The van der Waals surface area contributed by atoms with Crippen LogP contribution in [0, 0.1) is 28.1 Å². The summed E-state index contributed by atoms with van der Waals surface area (Å²) in [5.74, 6) is 1.09. The molecule has 3 saturated carbocycles. The molecule has 4 rings (SSSR count). The second-order valence-corrected chi connectivity index (χ2v) is 13.0. The van der Waals surface area contributed by atoms with Crippen molar-refractivity contribution >= 4 is 24.9 Å². The van der Waals surface area contributed by atoms with Crippen LogP contribution < -0.4 is 26.8 Å². The summed E-state index contributed by atoms with van der Waals surface area (Å²) in [6.45, 7) is 15.2. The predicted molar refractivity (Wildman–Crippen MR) is 157 cm³/mol. The first kappa shape index (κ1) is 32.8. The lowest BCUT2D eigenvalue weighted by Gasteiger charge is -2.64. The normalized spacial score (nSPS) is 27.7. The van der Waals surface area contributed by atoms with Crippen LogP contribution in [0.2, 0.25) is 0 Å². The number of nitrogens with zero attached hydrogens (tertiary/aromatic N) is 1. The van der Waals surface area contributed by atoms with Crippen molar-refractivity contribution in [2.75, 3.05) is 13.7 Å². The number of hydrogen-bond acceptors (Lipinski definition) is 7. The van der Waals surface area contributed by atoms with E-state index in [1.54, 1.807) is 7.11 Å². The molecule has 1 saturated heterocycles. The molecule has 0 unspecified atom stereocenters. The van der Waals surface area contributed by atoms with Crippen LogP contribution in [0.15, 0.2) is 17.6 Å². The van der Waals surface area contributed by atoms with Crippen molar-refractivity contribution in [3.05, 3.63) is 17.2 Å². The number of methoxy groups -OCH3 is 1. The zero-order chi connectivity index (χ0) is 30.4. The van der Waals surface area contributed by atoms with Gasteiger partial charge in [0.2, 0.25) is 11.8 Å². The SMILES string of the molecule is C=C(CCCC(=O)N[C@@H](CCC[NH+]=C(N)NN=O)C(=O)N[C@@H](CC(C)C)B1O[C@@H]2C[C@@H]3C[C@@H](C3(C)C)[C@]2(C)O1)OC. The first-order valence-electron chi connectivity index (χ1n) is 14.9. The van der Waals surface area contributed by atoms with Gasteiger partial charge in [0.25, 0.3) is 0 Å². The van der Waals surface area contributed by atoms with E-state index < -0.39 is 13.2 Å². The molecule has 4 aliphatic rings. The number of nitrogens with one attached hydrogen (secondary N) is 4. The maximum absolute atomic E-state index is 13.7. The van der Waals surface area contributed by atoms with E-state index in [-0.39, 0.29) is 53.2 Å². The fourth-order valence-corrected chi connectivity index (χ4v) is 6.80. The van der Waals surface area contributed by atoms with E-state index >= 15 is 0 Å². The summed E-state index contributed by atoms with van der Waals surface area (Å²) >= 11 is 0. The predicted octanol–water partition coefficient (Wildman–Crippen LogP) is 1.05. The third-order valence-corrected chi connectivity index (χ3v) is 9.30. The molecule has 13 heteroatoms. The Balaban J connectivity index is 1.68. The van der Waals surface area contributed by atoms with Gasteiger partial charge in [-0.25, -0.2) is 0 Å². The molecule has 0 radical (unpaired) electrons. The van der Waals surface area contributed by atoms with Gasteiger partial charge in [0, 0.05) is 12.8 Å². The van der Waals surface area contributed by atoms with E-state index in [0.29, 0.717) is 56.2 Å². The van der Waals surface area contributed by atoms with Crippen molar-refractivity contribution < 1.29 is 28.6 Å². The van der Waals surface area contributed by atoms with Crippen LogP contribution in [0.1, 0.15) is 86.0 Å². The topological polar surface area (TPSA) is 167 Å². The Kier molecular flexibility index (Phi) is 11.2. The van der Waals surface area contributed by atoms with Gasteiger partial charge in [-0.3, -0.25) is 20.3 Å². The van der Waals surface area contributed by atoms with Crippen LogP contribution in [0.25, 0.3) is 0 Å². The molecule has 12 nitrogen and oxygen atoms in total. The molecule has 41 heavy (non-hydrogen) atoms. The van der Waals surface area contributed by atoms with E-state index in [0.717, 1.165) is 12.8 Å². The van der Waals surface area contributed by atoms with Gasteiger partial charge in [-0.15, -0.1) is 10.3 Å². The van der Waals surface area contributed by atoms with Gasteiger partial charge in [0.05, 0.1) is 37.1 Å². The van der Waals surface area contributed by atoms with Crippen LogP contribution in [0.4, 0.5) is 0 Å². The van der Waals surface area contributed by atoms with Crippen molar-refractivity contribution in [1.29, 1.82) is 0 Å². The van der Waals surface area contributed by atoms with Gasteiger partial charge in [-0.1, -0.05) is 34.3 Å². The maximum atomic E-state index is 13.7. The average Bonchev–Trinajstić information content (AvgIpc) is 3.26. The average molecular weight is 578 g/mol. The van der Waals surface area contributed by atoms with Gasteiger partial charge < -0.3 is 24.7 Å². The quantitative estimate of drug-likeness (QED) is 0.0345. The summed E-state index contributed by atoms with van der Waals surface area (Å²) in [7, 11) is 0.993. The highest BCUT2D eigenvalue weighted by atomic mass is 16.7. The molecule has 6 atom stereocenters. The molecule has 0 aromatic heterocycles. The van der Waals surface area contributed by atoms with E-state index in [1.165, 1.54) is 0 Å². The molecule has 1 heterocycles. The Bertz CT molecular complexity index is 993. The number of rotatable bonds is 16. The van der Waals surface area contributed by atoms with E-state index in [1.807, 2.05) is 0 Å². The number of carbonyl (C=O) groups excluding carboxylic acids is 2. The van der Waals surface area contributed by atoms with Gasteiger partial charge in [-0.2, -0.15) is 0 Å². The smallest absolute Gasteiger partial charge is 0.481 e. The fourth-order valence-electron chi connectivity index (χ4n) is 6.80. The first-order chi connectivity index (χ1) is 19.3. The third-order valence-electron chi connectivity index (χ3n) is 9.30. The number of allylic oxidation sites excluding steroid dienone is 1. The van der Waals surface area contributed by atoms with Crippen LogP contribution in [0.3, 0.4) is 0 Å². The largest absolute Gasteiger partial charge is 0.502 e. The molecule has 2 amide bonds. The molecule has 4 fully saturated rings. The number of hydrogen-bond donors (Lipinski definition) is 5. The Morgan fingerprint density at radius 2 is 1.93 bits per heavy atom. The Hall–Kier alpha value is -2.67. The van der Waals surface area contributed by atoms with Crippen LogP contribution in [0.5, 0.6) is 0 Å². The molecule has 2 bridgehead atoms. The van der Waals surface area contributed by atoms with Crippen molar-refractivity contribution in [2.45, 2.75) is 110 Å². The maximum Gasteiger partial charge on any atom is 0.481 e. The highest BCUT2D eigenvalue weighted by Crippen LogP contribution is 2.65. The highest BCUT2D eigenvalue weighted by Gasteiger charge is 2.68. The number of nitroso groups, excluding NO2 is 1. The number of nitrogens with two attached hydrogens (primary N) is 1. The fraction of sp³-hybridized carbons (Fsp3) is 0.821. The van der Waals surface area contributed by atoms with E-state index in [4.69, 9.17) is 19.8 Å². The monoisotopic (exact) mass is 577 g/mol. The zero-order valence-corrected chi connectivity index (χ0v) is 25.6. The van der Waals surface area contributed by atoms with Gasteiger partial charge >= 0.3 is 13.1 Å². The van der Waals surface area contributed by atoms with Crippen molar-refractivity contribution in [3.8, 4) is 0 Å². The molecule has 3 aliphatic carbocycles. The lowest BCUT2D eigenvalue weighted by Crippen LogP contribution is -2.78. The first-order valence-corrected chi connectivity index (χ1v) is 14.9. The summed E-state index contributed by atoms with van der Waals surface area (Å²) in [5.41, 5.74) is 7.55. The summed E-state index contributed by atoms with van der Waals surface area (Å²) in [5, 5.41) is 8.59. The minimum absolute atomic E-state index is 0.00967. The lowest BCUT2D eigenvalue weighted by atomic mass is 9.43. The molecule has 6 N–H and O–H groups in total. The van der Waals surface area contributed by atoms with Crippen LogP contribution in [-0.4, -0.2) is 62.2 Å². The van der Waals surface area contributed by atoms with Gasteiger partial charge in [-0.05, 0) is 68.6 Å². The highest BCUT2D eigenvalue weighted by molar-refractivity contribution is 6.48. The molecule has 1 aliphatic heterocycles. The minimum atomic E-state index is -0.769. The Labute approximate surface area is 244 Å². The third kappa shape index (κ3) is 8.00. The Morgan fingerprint density at radius 3 is 2.56 bits per heavy atom. The standard InChI is InChI=1S/C28H49BN6O6/c1-17(2)14-23(29-40-22-16-19-15-21(27(19,4)5)28(22,6)41-29)33-25(37)20(11-9-13-31-26(30)34-35-38)32-24(36)12-8-10-18(3)39-7/h17,19-23H,3,8-16H2,1-2,4-7H3,(H,32,36)(H,33,37)(H3,30,31,34,38)/p+1/t19-,20-,21-,22+,23-,28-/m0/s1. The van der Waals surface area contributed by atoms with Gasteiger partial charge in [0.15, 0.2) is 0 Å². The zero-order valence-electron chi connectivity index (χ0n) is 25.6. The van der Waals surface area contributed by atoms with Crippen LogP contribution in [-0.2, 0) is 23.6 Å². The van der Waals surface area contributed by atoms with Crippen molar-refractivity contribution in [2.24, 2.45) is 34.2 Å². The van der Waals surface area contributed by atoms with E-state index in [2.05, 4.69) is 67.5 Å². The van der Waals surface area contributed by atoms with Gasteiger partial charge in [0.1, 0.15) is 11.3 Å². The molecule has 230 valence electrons. The van der Waals surface area contributed by atoms with Crippen molar-refractivity contribution in [1.82, 2.24) is 16.1 Å². The molecule has 0 spiro atoms. The number of guanidine groups is 1. The summed E-state index contributed by atoms with van der Waals surface area (Å²) in [4.78, 5) is 39.6. The molecular formula is C28H50BN6O6+. The number of carbonyl (C=O) groups is 2. The minimum Gasteiger partial charge on any atom is -0.502 e. The Morgan fingerprint density at radius 1 is 1.20 bits per heavy atom. The lowest BCUT2D eigenvalue weighted by molar-refractivity contribution is -0.461. The van der Waals surface area contributed by atoms with Crippen molar-refractivity contribution in [3.63, 3.8) is 0 Å². The molecule has 0 aromatic carbocycles. The molecule has 0 aromatic rings. The summed E-state index contributed by atoms with van der Waals surface area (Å²) in [6, 6.07) is -0.769. The molecular weight excluding hydrogens is 527 g/mol. The number of amides is 2.